The van der Waals surface area contributed by atoms with Crippen LogP contribution in [0.15, 0.2) is 0 Å². The van der Waals surface area contributed by atoms with E-state index in [-0.39, 0.29) is 6.04 Å². The quantitative estimate of drug-likeness (QED) is 0.629. The zero-order valence-electron chi connectivity index (χ0n) is 7.33. The number of hydrogen-bond donors (Lipinski definition) is 0. The highest BCUT2D eigenvalue weighted by atomic mass is 32.2. The SMILES string of the molecule is CC(=O)[C@@H]1CSCN1C(C)C. The summed E-state index contributed by atoms with van der Waals surface area (Å²) in [5.74, 6) is 2.30. The van der Waals surface area contributed by atoms with E-state index in [1.165, 1.54) is 0 Å². The first-order valence-electron chi connectivity index (χ1n) is 3.97. The van der Waals surface area contributed by atoms with Gasteiger partial charge in [-0.15, -0.1) is 11.8 Å². The number of thioether (sulfide) groups is 1. The minimum absolute atomic E-state index is 0.181. The number of rotatable bonds is 2. The number of carbonyl (C=O) groups is 1. The molecule has 64 valence electrons. The highest BCUT2D eigenvalue weighted by Gasteiger charge is 2.29. The molecule has 0 N–H and O–H groups in total. The predicted octanol–water partition coefficient (Wildman–Crippen LogP) is 1.36. The largest absolute Gasteiger partial charge is 0.298 e. The lowest BCUT2D eigenvalue weighted by molar-refractivity contribution is -0.121. The standard InChI is InChI=1S/C8H15NOS/c1-6(2)9-5-11-4-8(9)7(3)10/h6,8H,4-5H2,1-3H3/t8-/m0/s1. The van der Waals surface area contributed by atoms with E-state index in [4.69, 9.17) is 0 Å². The summed E-state index contributed by atoms with van der Waals surface area (Å²) in [4.78, 5) is 13.4. The lowest BCUT2D eigenvalue weighted by atomic mass is 10.2. The zero-order chi connectivity index (χ0) is 8.43. The summed E-state index contributed by atoms with van der Waals surface area (Å²) in [6, 6.07) is 0.680. The van der Waals surface area contributed by atoms with Crippen molar-refractivity contribution in [2.45, 2.75) is 32.9 Å². The first-order chi connectivity index (χ1) is 5.13. The average Bonchev–Trinajstić information content (AvgIpc) is 2.32. The van der Waals surface area contributed by atoms with Crippen molar-refractivity contribution in [1.82, 2.24) is 4.90 Å². The smallest absolute Gasteiger partial charge is 0.147 e. The van der Waals surface area contributed by atoms with E-state index >= 15 is 0 Å². The van der Waals surface area contributed by atoms with Gasteiger partial charge >= 0.3 is 0 Å². The Bertz CT molecular complexity index is 158. The summed E-state index contributed by atoms with van der Waals surface area (Å²) in [5, 5.41) is 0. The van der Waals surface area contributed by atoms with Gasteiger partial charge in [-0.2, -0.15) is 0 Å². The first-order valence-corrected chi connectivity index (χ1v) is 5.12. The lowest BCUT2D eigenvalue weighted by Crippen LogP contribution is -2.40. The van der Waals surface area contributed by atoms with Crippen LogP contribution in [0.3, 0.4) is 0 Å². The van der Waals surface area contributed by atoms with Crippen LogP contribution in [0.1, 0.15) is 20.8 Å². The molecule has 1 aliphatic rings. The molecule has 0 aromatic carbocycles. The summed E-state index contributed by atoms with van der Waals surface area (Å²) >= 11 is 1.85. The van der Waals surface area contributed by atoms with Gasteiger partial charge in [0.05, 0.1) is 6.04 Å². The van der Waals surface area contributed by atoms with Crippen LogP contribution < -0.4 is 0 Å². The van der Waals surface area contributed by atoms with Crippen LogP contribution in [0, 0.1) is 0 Å². The second-order valence-corrected chi connectivity index (χ2v) is 4.23. The van der Waals surface area contributed by atoms with Crippen LogP contribution in [-0.4, -0.2) is 34.4 Å². The van der Waals surface area contributed by atoms with Gasteiger partial charge in [0.1, 0.15) is 5.78 Å². The second-order valence-electron chi connectivity index (χ2n) is 3.23. The molecule has 1 heterocycles. The highest BCUT2D eigenvalue weighted by Crippen LogP contribution is 2.23. The monoisotopic (exact) mass is 173 g/mol. The van der Waals surface area contributed by atoms with Gasteiger partial charge in [-0.1, -0.05) is 0 Å². The minimum Gasteiger partial charge on any atom is -0.298 e. The van der Waals surface area contributed by atoms with Crippen molar-refractivity contribution in [2.24, 2.45) is 0 Å². The van der Waals surface area contributed by atoms with Crippen molar-refractivity contribution in [2.75, 3.05) is 11.6 Å². The van der Waals surface area contributed by atoms with Gasteiger partial charge in [0.25, 0.3) is 0 Å². The van der Waals surface area contributed by atoms with Crippen LogP contribution in [0.2, 0.25) is 0 Å². The molecule has 1 fully saturated rings. The molecule has 1 rings (SSSR count). The van der Waals surface area contributed by atoms with Crippen molar-refractivity contribution in [1.29, 1.82) is 0 Å². The Labute approximate surface area is 72.3 Å². The first kappa shape index (κ1) is 9.07. The third-order valence-corrected chi connectivity index (χ3v) is 3.08. The molecule has 3 heteroatoms. The van der Waals surface area contributed by atoms with E-state index in [0.717, 1.165) is 11.6 Å². The molecule has 0 aromatic rings. The summed E-state index contributed by atoms with van der Waals surface area (Å²) in [7, 11) is 0. The fourth-order valence-corrected chi connectivity index (χ4v) is 2.76. The Morgan fingerprint density at radius 3 is 2.64 bits per heavy atom. The van der Waals surface area contributed by atoms with Crippen LogP contribution in [0.25, 0.3) is 0 Å². The van der Waals surface area contributed by atoms with Crippen molar-refractivity contribution >= 4 is 17.5 Å². The molecular weight excluding hydrogens is 158 g/mol. The Kier molecular flexibility index (Phi) is 2.96. The van der Waals surface area contributed by atoms with Crippen LogP contribution in [0.5, 0.6) is 0 Å². The molecule has 11 heavy (non-hydrogen) atoms. The number of Topliss-reactive ketones (excluding diaryl/α,β-unsaturated/α-hetero) is 1. The molecule has 1 aliphatic heterocycles. The third kappa shape index (κ3) is 1.97. The molecular formula is C8H15NOS. The molecule has 1 atom stereocenters. The maximum absolute atomic E-state index is 11.1. The Balaban J connectivity index is 2.58. The molecule has 0 bridgehead atoms. The molecule has 0 aromatic heterocycles. The van der Waals surface area contributed by atoms with Crippen LogP contribution in [-0.2, 0) is 4.79 Å². The van der Waals surface area contributed by atoms with Gasteiger partial charge in [-0.05, 0) is 20.8 Å². The van der Waals surface area contributed by atoms with Gasteiger partial charge in [0.2, 0.25) is 0 Å². The summed E-state index contributed by atoms with van der Waals surface area (Å²) in [6.07, 6.45) is 0. The van der Waals surface area contributed by atoms with Gasteiger partial charge in [0, 0.05) is 17.7 Å². The average molecular weight is 173 g/mol. The third-order valence-electron chi connectivity index (χ3n) is 2.05. The number of nitrogens with zero attached hydrogens (tertiary/aromatic N) is 1. The zero-order valence-corrected chi connectivity index (χ0v) is 8.15. The maximum atomic E-state index is 11.1. The Morgan fingerprint density at radius 1 is 1.64 bits per heavy atom. The molecule has 0 spiro atoms. The molecule has 0 saturated carbocycles. The van der Waals surface area contributed by atoms with Gasteiger partial charge in [-0.25, -0.2) is 0 Å². The van der Waals surface area contributed by atoms with Gasteiger partial charge in [0.15, 0.2) is 0 Å². The van der Waals surface area contributed by atoms with E-state index in [2.05, 4.69) is 18.7 Å². The predicted molar refractivity (Wildman–Crippen MR) is 48.8 cm³/mol. The maximum Gasteiger partial charge on any atom is 0.147 e. The molecule has 0 amide bonds. The van der Waals surface area contributed by atoms with Gasteiger partial charge in [-0.3, -0.25) is 9.69 Å². The lowest BCUT2D eigenvalue weighted by Gasteiger charge is -2.24. The van der Waals surface area contributed by atoms with Crippen LogP contribution in [0.4, 0.5) is 0 Å². The number of ketones is 1. The van der Waals surface area contributed by atoms with Gasteiger partial charge < -0.3 is 0 Å². The highest BCUT2D eigenvalue weighted by molar-refractivity contribution is 7.99. The van der Waals surface area contributed by atoms with E-state index in [1.54, 1.807) is 6.92 Å². The molecule has 0 unspecified atom stereocenters. The van der Waals surface area contributed by atoms with Crippen molar-refractivity contribution in [3.05, 3.63) is 0 Å². The van der Waals surface area contributed by atoms with Crippen molar-refractivity contribution < 1.29 is 4.79 Å². The Morgan fingerprint density at radius 2 is 2.27 bits per heavy atom. The normalized spacial score (nSPS) is 26.4. The van der Waals surface area contributed by atoms with Crippen molar-refractivity contribution in [3.8, 4) is 0 Å². The fraction of sp³-hybridized carbons (Fsp3) is 0.875. The molecule has 0 radical (unpaired) electrons. The fourth-order valence-electron chi connectivity index (χ4n) is 1.32. The molecule has 2 nitrogen and oxygen atoms in total. The molecule has 1 saturated heterocycles. The second kappa shape index (κ2) is 3.59. The number of carbonyl (C=O) groups excluding carboxylic acids is 1. The van der Waals surface area contributed by atoms with Crippen molar-refractivity contribution in [3.63, 3.8) is 0 Å². The summed E-state index contributed by atoms with van der Waals surface area (Å²) < 4.78 is 0. The van der Waals surface area contributed by atoms with E-state index in [1.807, 2.05) is 11.8 Å². The number of hydrogen-bond acceptors (Lipinski definition) is 3. The van der Waals surface area contributed by atoms with E-state index < -0.39 is 0 Å². The van der Waals surface area contributed by atoms with E-state index in [0.29, 0.717) is 11.8 Å². The van der Waals surface area contributed by atoms with Crippen LogP contribution >= 0.6 is 11.8 Å². The summed E-state index contributed by atoms with van der Waals surface area (Å²) in [5.41, 5.74) is 0. The topological polar surface area (TPSA) is 20.3 Å². The minimum atomic E-state index is 0.181. The summed E-state index contributed by atoms with van der Waals surface area (Å²) in [6.45, 7) is 5.97. The van der Waals surface area contributed by atoms with E-state index in [9.17, 15) is 4.79 Å². The molecule has 0 aliphatic carbocycles. The Hall–Kier alpha value is -0.0200.